The van der Waals surface area contributed by atoms with E-state index in [1.165, 1.54) is 13.1 Å². The van der Waals surface area contributed by atoms with Gasteiger partial charge in [-0.3, -0.25) is 4.79 Å². The first-order valence-corrected chi connectivity index (χ1v) is 7.40. The van der Waals surface area contributed by atoms with Gasteiger partial charge in [-0.2, -0.15) is 0 Å². The normalized spacial score (nSPS) is 11.3. The van der Waals surface area contributed by atoms with Crippen LogP contribution in [0.15, 0.2) is 16.6 Å². The molecule has 18 heavy (non-hydrogen) atoms. The fourth-order valence-electron chi connectivity index (χ4n) is 1.25. The van der Waals surface area contributed by atoms with Crippen LogP contribution in [0.3, 0.4) is 0 Å². The fraction of sp³-hybridized carbons (Fsp3) is 0.300. The van der Waals surface area contributed by atoms with Crippen LogP contribution in [0.5, 0.6) is 5.75 Å². The maximum atomic E-state index is 11.5. The first kappa shape index (κ1) is 14.9. The molecular weight excluding hydrogens is 324 g/mol. The highest BCUT2D eigenvalue weighted by molar-refractivity contribution is 9.10. The molecule has 100 valence electrons. The highest BCUT2D eigenvalue weighted by atomic mass is 79.9. The van der Waals surface area contributed by atoms with E-state index < -0.39 is 21.7 Å². The van der Waals surface area contributed by atoms with Crippen molar-refractivity contribution in [3.05, 3.63) is 22.2 Å². The standard InChI is InChI=1S/C10H13BrN2O4S/c1-6-7(11)3-4-8(14)10(6)13-9(15)5-18(16,17)12-2/h3-4,12,14H,5H2,1-2H3,(H,13,15). The summed E-state index contributed by atoms with van der Waals surface area (Å²) < 4.78 is 25.1. The van der Waals surface area contributed by atoms with Gasteiger partial charge in [0.15, 0.2) is 0 Å². The van der Waals surface area contributed by atoms with Crippen molar-refractivity contribution in [2.45, 2.75) is 6.92 Å². The molecule has 6 nitrogen and oxygen atoms in total. The number of rotatable bonds is 4. The average Bonchev–Trinajstić information content (AvgIpc) is 2.29. The summed E-state index contributed by atoms with van der Waals surface area (Å²) in [7, 11) is -2.40. The van der Waals surface area contributed by atoms with Crippen molar-refractivity contribution >= 4 is 37.5 Å². The highest BCUT2D eigenvalue weighted by Crippen LogP contribution is 2.32. The molecule has 0 unspecified atom stereocenters. The Balaban J connectivity index is 2.93. The van der Waals surface area contributed by atoms with Crippen molar-refractivity contribution < 1.29 is 18.3 Å². The number of phenolic OH excluding ortho intramolecular Hbond substituents is 1. The number of carbonyl (C=O) groups is 1. The minimum absolute atomic E-state index is 0.120. The summed E-state index contributed by atoms with van der Waals surface area (Å²) in [6.45, 7) is 1.69. The summed E-state index contributed by atoms with van der Waals surface area (Å²) >= 11 is 3.25. The van der Waals surface area contributed by atoms with Crippen LogP contribution in [0.1, 0.15) is 5.56 Å². The molecule has 1 aromatic carbocycles. The van der Waals surface area contributed by atoms with E-state index in [1.807, 2.05) is 4.72 Å². The van der Waals surface area contributed by atoms with E-state index in [0.717, 1.165) is 0 Å². The van der Waals surface area contributed by atoms with Crippen LogP contribution in [-0.2, 0) is 14.8 Å². The smallest absolute Gasteiger partial charge is 0.241 e. The lowest BCUT2D eigenvalue weighted by Crippen LogP contribution is -2.30. The molecule has 1 amide bonds. The number of phenols is 1. The molecule has 1 rings (SSSR count). The van der Waals surface area contributed by atoms with Gasteiger partial charge in [-0.15, -0.1) is 0 Å². The SMILES string of the molecule is CNS(=O)(=O)CC(=O)Nc1c(O)ccc(Br)c1C. The molecule has 0 aliphatic heterocycles. The third-order valence-corrected chi connectivity index (χ3v) is 4.40. The minimum atomic E-state index is -3.63. The number of halogens is 1. The Labute approximate surface area is 114 Å². The number of sulfonamides is 1. The molecule has 0 bridgehead atoms. The van der Waals surface area contributed by atoms with E-state index in [-0.39, 0.29) is 11.4 Å². The van der Waals surface area contributed by atoms with Gasteiger partial charge in [0.25, 0.3) is 0 Å². The number of aromatic hydroxyl groups is 1. The Kier molecular flexibility index (Phi) is 4.71. The molecule has 0 saturated carbocycles. The first-order chi connectivity index (χ1) is 8.26. The molecule has 0 fully saturated rings. The Bertz CT molecular complexity index is 571. The summed E-state index contributed by atoms with van der Waals surface area (Å²) in [6.07, 6.45) is 0. The summed E-state index contributed by atoms with van der Waals surface area (Å²) in [6, 6.07) is 3.03. The number of carbonyl (C=O) groups excluding carboxylic acids is 1. The molecule has 3 N–H and O–H groups in total. The minimum Gasteiger partial charge on any atom is -0.506 e. The number of benzene rings is 1. The fourth-order valence-corrected chi connectivity index (χ4v) is 2.14. The van der Waals surface area contributed by atoms with Crippen LogP contribution in [-0.4, -0.2) is 32.2 Å². The lowest BCUT2D eigenvalue weighted by atomic mass is 10.2. The van der Waals surface area contributed by atoms with Crippen molar-refractivity contribution in [3.63, 3.8) is 0 Å². The molecule has 0 atom stereocenters. The monoisotopic (exact) mass is 336 g/mol. The van der Waals surface area contributed by atoms with Crippen molar-refractivity contribution in [1.29, 1.82) is 0 Å². The topological polar surface area (TPSA) is 95.5 Å². The van der Waals surface area contributed by atoms with Crippen LogP contribution >= 0.6 is 15.9 Å². The van der Waals surface area contributed by atoms with Gasteiger partial charge >= 0.3 is 0 Å². The first-order valence-electron chi connectivity index (χ1n) is 4.96. The second-order valence-corrected chi connectivity index (χ2v) is 6.36. The summed E-state index contributed by atoms with van der Waals surface area (Å²) in [5.74, 6) is -1.54. The van der Waals surface area contributed by atoms with E-state index in [1.54, 1.807) is 13.0 Å². The zero-order valence-corrected chi connectivity index (χ0v) is 12.2. The molecular formula is C10H13BrN2O4S. The largest absolute Gasteiger partial charge is 0.506 e. The van der Waals surface area contributed by atoms with Crippen molar-refractivity contribution in [2.75, 3.05) is 18.1 Å². The van der Waals surface area contributed by atoms with Gasteiger partial charge in [0.1, 0.15) is 11.5 Å². The van der Waals surface area contributed by atoms with Crippen LogP contribution < -0.4 is 10.0 Å². The molecule has 0 heterocycles. The molecule has 1 aromatic rings. The maximum Gasteiger partial charge on any atom is 0.241 e. The van der Waals surface area contributed by atoms with E-state index in [4.69, 9.17) is 0 Å². The number of nitrogens with one attached hydrogen (secondary N) is 2. The molecule has 0 saturated heterocycles. The third-order valence-electron chi connectivity index (χ3n) is 2.27. The van der Waals surface area contributed by atoms with E-state index in [2.05, 4.69) is 21.2 Å². The van der Waals surface area contributed by atoms with Crippen molar-refractivity contribution in [3.8, 4) is 5.75 Å². The zero-order chi connectivity index (χ0) is 13.9. The molecule has 8 heteroatoms. The quantitative estimate of drug-likeness (QED) is 0.713. The van der Waals surface area contributed by atoms with E-state index >= 15 is 0 Å². The highest BCUT2D eigenvalue weighted by Gasteiger charge is 2.17. The Hall–Kier alpha value is -1.12. The number of hydrogen-bond donors (Lipinski definition) is 3. The predicted octanol–water partition coefficient (Wildman–Crippen LogP) is 0.951. The van der Waals surface area contributed by atoms with Gasteiger partial charge in [0.2, 0.25) is 15.9 Å². The number of anilines is 1. The Morgan fingerprint density at radius 2 is 2.06 bits per heavy atom. The van der Waals surface area contributed by atoms with Gasteiger partial charge in [0.05, 0.1) is 5.69 Å². The van der Waals surface area contributed by atoms with Crippen LogP contribution in [0, 0.1) is 6.92 Å². The molecule has 0 radical (unpaired) electrons. The molecule has 0 aliphatic carbocycles. The maximum absolute atomic E-state index is 11.5. The van der Waals surface area contributed by atoms with Crippen LogP contribution in [0.2, 0.25) is 0 Å². The summed E-state index contributed by atoms with van der Waals surface area (Å²) in [5.41, 5.74) is 0.811. The van der Waals surface area contributed by atoms with Gasteiger partial charge in [-0.05, 0) is 31.7 Å². The second kappa shape index (κ2) is 5.68. The number of amides is 1. The van der Waals surface area contributed by atoms with Gasteiger partial charge < -0.3 is 10.4 Å². The lowest BCUT2D eigenvalue weighted by Gasteiger charge is -2.11. The number of hydrogen-bond acceptors (Lipinski definition) is 4. The van der Waals surface area contributed by atoms with Gasteiger partial charge in [0, 0.05) is 4.47 Å². The molecule has 0 aliphatic rings. The van der Waals surface area contributed by atoms with Crippen molar-refractivity contribution in [1.82, 2.24) is 4.72 Å². The lowest BCUT2D eigenvalue weighted by molar-refractivity contribution is -0.113. The summed E-state index contributed by atoms with van der Waals surface area (Å²) in [5, 5.41) is 12.0. The van der Waals surface area contributed by atoms with Gasteiger partial charge in [-0.25, -0.2) is 13.1 Å². The average molecular weight is 337 g/mol. The van der Waals surface area contributed by atoms with Gasteiger partial charge in [-0.1, -0.05) is 15.9 Å². The Morgan fingerprint density at radius 3 is 2.61 bits per heavy atom. The van der Waals surface area contributed by atoms with Crippen LogP contribution in [0.25, 0.3) is 0 Å². The van der Waals surface area contributed by atoms with Crippen LogP contribution in [0.4, 0.5) is 5.69 Å². The van der Waals surface area contributed by atoms with E-state index in [9.17, 15) is 18.3 Å². The molecule has 0 spiro atoms. The molecule has 0 aromatic heterocycles. The second-order valence-electron chi connectivity index (χ2n) is 3.58. The van der Waals surface area contributed by atoms with Crippen molar-refractivity contribution in [2.24, 2.45) is 0 Å². The predicted molar refractivity (Wildman–Crippen MR) is 72.0 cm³/mol. The zero-order valence-electron chi connectivity index (χ0n) is 9.82. The Morgan fingerprint density at radius 1 is 1.44 bits per heavy atom. The summed E-state index contributed by atoms with van der Waals surface area (Å²) in [4.78, 5) is 11.5. The van der Waals surface area contributed by atoms with E-state index in [0.29, 0.717) is 10.0 Å². The third kappa shape index (κ3) is 3.69.